The Bertz CT molecular complexity index is 408. The molecule has 3 unspecified atom stereocenters. The van der Waals surface area contributed by atoms with Gasteiger partial charge in [-0.25, -0.2) is 0 Å². The lowest BCUT2D eigenvalue weighted by Gasteiger charge is -2.05. The summed E-state index contributed by atoms with van der Waals surface area (Å²) in [6.45, 7) is 11.4. The molecule has 3 N–H and O–H groups in total. The molecule has 0 aliphatic rings. The van der Waals surface area contributed by atoms with E-state index in [4.69, 9.17) is 14.7 Å². The van der Waals surface area contributed by atoms with Crippen molar-refractivity contribution in [2.75, 3.05) is 37.0 Å². The minimum Gasteiger partial charge on any atom is -0.344 e. The van der Waals surface area contributed by atoms with Crippen LogP contribution >= 0.6 is 22.1 Å². The Kier molecular flexibility index (Phi) is 27.8. The van der Waals surface area contributed by atoms with Crippen LogP contribution in [0, 0.1) is 0 Å². The zero-order chi connectivity index (χ0) is 22.0. The lowest BCUT2D eigenvalue weighted by atomic mass is 10.4. The molecule has 0 aromatic heterocycles. The highest BCUT2D eigenvalue weighted by atomic mass is 31.2. The Morgan fingerprint density at radius 3 is 0.786 bits per heavy atom. The highest BCUT2D eigenvalue weighted by molar-refractivity contribution is 7.58. The maximum Gasteiger partial charge on any atom is 0.200 e. The van der Waals surface area contributed by atoms with E-state index in [1.807, 2.05) is 20.8 Å². The number of hydrogen-bond donors (Lipinski definition) is 3. The van der Waals surface area contributed by atoms with Crippen molar-refractivity contribution in [3.05, 3.63) is 0 Å². The number of hydrogen-bond acceptors (Lipinski definition) is 3. The van der Waals surface area contributed by atoms with Crippen molar-refractivity contribution in [2.24, 2.45) is 0 Å². The van der Waals surface area contributed by atoms with E-state index in [2.05, 4.69) is 0 Å². The smallest absolute Gasteiger partial charge is 0.200 e. The van der Waals surface area contributed by atoms with Crippen LogP contribution in [0.5, 0.6) is 0 Å². The van der Waals surface area contributed by atoms with E-state index in [1.165, 1.54) is 0 Å². The molecule has 0 saturated carbocycles. The molecule has 174 valence electrons. The lowest BCUT2D eigenvalue weighted by Crippen LogP contribution is -1.90. The maximum absolute atomic E-state index is 10.9. The first-order valence-electron chi connectivity index (χ1n) is 10.3. The fourth-order valence-electron chi connectivity index (χ4n) is 1.69. The van der Waals surface area contributed by atoms with Gasteiger partial charge in [0.25, 0.3) is 0 Å². The lowest BCUT2D eigenvalue weighted by molar-refractivity contribution is 0.475. The standard InChI is InChI=1S/3C6H15O2P.Al.3H/c3*1-3-5-6-9(7,8)4-2;;;;/h3*3-6H2,1-2H3,(H,7,8);;;;. The zero-order valence-electron chi connectivity index (χ0n) is 18.4. The molecule has 0 spiro atoms. The molecule has 0 fully saturated rings. The van der Waals surface area contributed by atoms with Crippen LogP contribution in [0.25, 0.3) is 0 Å². The molecule has 0 rings (SSSR count). The van der Waals surface area contributed by atoms with Gasteiger partial charge in [-0.05, 0) is 19.3 Å². The Hall–Kier alpha value is 1.10. The average molecular weight is 480 g/mol. The second-order valence-corrected chi connectivity index (χ2v) is 15.0. The molecule has 0 radical (unpaired) electrons. The van der Waals surface area contributed by atoms with Gasteiger partial charge in [0.05, 0.1) is 0 Å². The predicted octanol–water partition coefficient (Wildman–Crippen LogP) is 5.05. The summed E-state index contributed by atoms with van der Waals surface area (Å²) < 4.78 is 32.7. The Labute approximate surface area is 184 Å². The second kappa shape index (κ2) is 21.3. The van der Waals surface area contributed by atoms with Crippen LogP contribution in [-0.2, 0) is 13.7 Å². The van der Waals surface area contributed by atoms with Crippen LogP contribution < -0.4 is 0 Å². The highest BCUT2D eigenvalue weighted by Gasteiger charge is 2.13. The first-order valence-corrected chi connectivity index (χ1v) is 16.4. The molecule has 28 heavy (non-hydrogen) atoms. The molecule has 0 bridgehead atoms. The van der Waals surface area contributed by atoms with E-state index < -0.39 is 22.1 Å². The van der Waals surface area contributed by atoms with Crippen LogP contribution in [0.4, 0.5) is 0 Å². The average Bonchev–Trinajstić information content (AvgIpc) is 2.64. The maximum atomic E-state index is 10.9. The second-order valence-electron chi connectivity index (χ2n) is 6.72. The van der Waals surface area contributed by atoms with Gasteiger partial charge < -0.3 is 14.7 Å². The minimum atomic E-state index is -2.69. The van der Waals surface area contributed by atoms with E-state index >= 15 is 0 Å². The van der Waals surface area contributed by atoms with Gasteiger partial charge in [-0.2, -0.15) is 0 Å². The number of rotatable bonds is 12. The summed E-state index contributed by atoms with van der Waals surface area (Å²) in [7, 11) is -8.07. The third-order valence-electron chi connectivity index (χ3n) is 4.07. The van der Waals surface area contributed by atoms with Gasteiger partial charge in [-0.3, -0.25) is 13.7 Å². The molecular formula is C18H48AlO6P3. The van der Waals surface area contributed by atoms with Gasteiger partial charge in [0.2, 0.25) is 0 Å². The first kappa shape index (κ1) is 36.5. The van der Waals surface area contributed by atoms with Crippen molar-refractivity contribution < 1.29 is 28.4 Å². The fraction of sp³-hybridized carbons (Fsp3) is 1.00. The van der Waals surface area contributed by atoms with Gasteiger partial charge in [0, 0.05) is 37.0 Å². The van der Waals surface area contributed by atoms with Gasteiger partial charge in [0.15, 0.2) is 39.5 Å². The van der Waals surface area contributed by atoms with Crippen molar-refractivity contribution in [3.63, 3.8) is 0 Å². The predicted molar refractivity (Wildman–Crippen MR) is 130 cm³/mol. The normalized spacial score (nSPS) is 16.6. The van der Waals surface area contributed by atoms with Crippen LogP contribution in [0.1, 0.15) is 80.1 Å². The van der Waals surface area contributed by atoms with Crippen molar-refractivity contribution in [2.45, 2.75) is 80.1 Å². The Morgan fingerprint density at radius 2 is 0.679 bits per heavy atom. The van der Waals surface area contributed by atoms with Crippen LogP contribution in [0.2, 0.25) is 0 Å². The minimum absolute atomic E-state index is 0. The summed E-state index contributed by atoms with van der Waals surface area (Å²) in [5.41, 5.74) is 0. The molecule has 0 aliphatic heterocycles. The van der Waals surface area contributed by atoms with Crippen LogP contribution in [0.15, 0.2) is 0 Å². The third-order valence-corrected chi connectivity index (χ3v) is 10.1. The van der Waals surface area contributed by atoms with Gasteiger partial charge in [-0.1, -0.05) is 60.8 Å². The summed E-state index contributed by atoms with van der Waals surface area (Å²) in [5.74, 6) is 0. The quantitative estimate of drug-likeness (QED) is 0.266. The van der Waals surface area contributed by atoms with E-state index in [9.17, 15) is 13.7 Å². The summed E-state index contributed by atoms with van der Waals surface area (Å²) in [6, 6.07) is 0. The van der Waals surface area contributed by atoms with Crippen LogP contribution in [0.3, 0.4) is 0 Å². The van der Waals surface area contributed by atoms with E-state index in [0.29, 0.717) is 37.0 Å². The van der Waals surface area contributed by atoms with Crippen molar-refractivity contribution in [1.29, 1.82) is 0 Å². The fourth-order valence-corrected chi connectivity index (χ4v) is 5.07. The van der Waals surface area contributed by atoms with E-state index in [-0.39, 0.29) is 17.4 Å². The SMILES string of the molecule is CCCCP(=O)(O)CC.CCCCP(=O)(O)CC.CCCCP(=O)(O)CC.[AlH3]. The number of unbranched alkanes of at least 4 members (excludes halogenated alkanes) is 3. The van der Waals surface area contributed by atoms with Crippen LogP contribution in [-0.4, -0.2) is 69.0 Å². The summed E-state index contributed by atoms with van der Waals surface area (Å²) in [5, 5.41) is 0. The molecule has 6 nitrogen and oxygen atoms in total. The van der Waals surface area contributed by atoms with E-state index in [0.717, 1.165) is 38.5 Å². The van der Waals surface area contributed by atoms with Gasteiger partial charge in [0.1, 0.15) is 0 Å². The third kappa shape index (κ3) is 29.3. The van der Waals surface area contributed by atoms with E-state index in [1.54, 1.807) is 20.8 Å². The molecule has 10 heteroatoms. The summed E-state index contributed by atoms with van der Waals surface area (Å²) in [4.78, 5) is 27.0. The van der Waals surface area contributed by atoms with Crippen molar-refractivity contribution >= 4 is 39.5 Å². The summed E-state index contributed by atoms with van der Waals surface area (Å²) in [6.07, 6.45) is 8.41. The van der Waals surface area contributed by atoms with Crippen molar-refractivity contribution in [3.8, 4) is 0 Å². The molecule has 0 aromatic rings. The molecular weight excluding hydrogens is 432 g/mol. The monoisotopic (exact) mass is 480 g/mol. The molecule has 0 aromatic carbocycles. The first-order chi connectivity index (χ1) is 12.4. The molecule has 0 saturated heterocycles. The summed E-state index contributed by atoms with van der Waals surface area (Å²) >= 11 is 0. The topological polar surface area (TPSA) is 112 Å². The highest BCUT2D eigenvalue weighted by Crippen LogP contribution is 2.41. The van der Waals surface area contributed by atoms with Gasteiger partial charge >= 0.3 is 0 Å². The zero-order valence-corrected chi connectivity index (χ0v) is 21.1. The Balaban J connectivity index is -0.000000152. The molecule has 0 heterocycles. The van der Waals surface area contributed by atoms with Crippen molar-refractivity contribution in [1.82, 2.24) is 0 Å². The van der Waals surface area contributed by atoms with Gasteiger partial charge in [-0.15, -0.1) is 0 Å². The largest absolute Gasteiger partial charge is 0.344 e. The Morgan fingerprint density at radius 1 is 0.500 bits per heavy atom. The molecule has 0 aliphatic carbocycles. The molecule has 0 amide bonds. The molecule has 3 atom stereocenters.